The maximum atomic E-state index is 10.7. The molecule has 0 amide bonds. The van der Waals surface area contributed by atoms with E-state index in [9.17, 15) is 10.1 Å². The van der Waals surface area contributed by atoms with Crippen molar-refractivity contribution in [2.75, 3.05) is 0 Å². The monoisotopic (exact) mass is 229 g/mol. The van der Waals surface area contributed by atoms with Gasteiger partial charge >= 0.3 is 5.82 Å². The SMILES string of the molecule is C=Cc1cccc(Cn2cncc2[N+](=O)[O-])c1. The molecule has 0 unspecified atom stereocenters. The Morgan fingerprint density at radius 2 is 2.35 bits per heavy atom. The Bertz CT molecular complexity index is 560. The van der Waals surface area contributed by atoms with Crippen molar-refractivity contribution < 1.29 is 4.92 Å². The second-order valence-electron chi connectivity index (χ2n) is 3.59. The number of rotatable bonds is 4. The Hall–Kier alpha value is -2.43. The van der Waals surface area contributed by atoms with E-state index in [1.165, 1.54) is 17.1 Å². The van der Waals surface area contributed by atoms with E-state index in [4.69, 9.17) is 0 Å². The molecule has 0 aliphatic rings. The normalized spacial score (nSPS) is 10.1. The maximum Gasteiger partial charge on any atom is 0.342 e. The number of imidazole rings is 1. The summed E-state index contributed by atoms with van der Waals surface area (Å²) in [6.07, 6.45) is 4.45. The van der Waals surface area contributed by atoms with Crippen LogP contribution in [0, 0.1) is 10.1 Å². The fourth-order valence-electron chi connectivity index (χ4n) is 1.60. The zero-order valence-corrected chi connectivity index (χ0v) is 9.11. The van der Waals surface area contributed by atoms with E-state index < -0.39 is 4.92 Å². The van der Waals surface area contributed by atoms with Crippen molar-refractivity contribution in [3.05, 3.63) is 64.6 Å². The van der Waals surface area contributed by atoms with E-state index >= 15 is 0 Å². The quantitative estimate of drug-likeness (QED) is 0.597. The van der Waals surface area contributed by atoms with E-state index in [-0.39, 0.29) is 5.82 Å². The summed E-state index contributed by atoms with van der Waals surface area (Å²) in [7, 11) is 0. The van der Waals surface area contributed by atoms with E-state index in [1.807, 2.05) is 24.3 Å². The van der Waals surface area contributed by atoms with E-state index in [0.717, 1.165) is 11.1 Å². The summed E-state index contributed by atoms with van der Waals surface area (Å²) < 4.78 is 1.50. The van der Waals surface area contributed by atoms with Crippen LogP contribution in [0.15, 0.2) is 43.4 Å². The molecule has 0 aliphatic heterocycles. The Morgan fingerprint density at radius 3 is 3.06 bits per heavy atom. The van der Waals surface area contributed by atoms with Gasteiger partial charge in [-0.05, 0) is 22.1 Å². The summed E-state index contributed by atoms with van der Waals surface area (Å²) in [6, 6.07) is 7.68. The summed E-state index contributed by atoms with van der Waals surface area (Å²) in [4.78, 5) is 14.1. The van der Waals surface area contributed by atoms with Gasteiger partial charge in [0, 0.05) is 0 Å². The molecule has 0 saturated carbocycles. The minimum atomic E-state index is -0.440. The van der Waals surface area contributed by atoms with Crippen LogP contribution in [0.2, 0.25) is 0 Å². The zero-order valence-electron chi connectivity index (χ0n) is 9.11. The van der Waals surface area contributed by atoms with Crippen molar-refractivity contribution in [1.82, 2.24) is 9.55 Å². The van der Waals surface area contributed by atoms with Crippen LogP contribution in [0.25, 0.3) is 6.08 Å². The molecule has 0 atom stereocenters. The van der Waals surface area contributed by atoms with Crippen LogP contribution in [0.3, 0.4) is 0 Å². The standard InChI is InChI=1S/C12H11N3O2/c1-2-10-4-3-5-11(6-10)8-14-9-13-7-12(14)15(16)17/h2-7,9H,1,8H2. The number of hydrogen-bond acceptors (Lipinski definition) is 3. The summed E-state index contributed by atoms with van der Waals surface area (Å²) in [6.45, 7) is 4.12. The van der Waals surface area contributed by atoms with Crippen molar-refractivity contribution >= 4 is 11.9 Å². The fourth-order valence-corrected chi connectivity index (χ4v) is 1.60. The molecule has 0 spiro atoms. The van der Waals surface area contributed by atoms with Crippen LogP contribution in [0.1, 0.15) is 11.1 Å². The minimum Gasteiger partial charge on any atom is -0.358 e. The Kier molecular flexibility index (Phi) is 3.00. The Labute approximate surface area is 98.2 Å². The predicted molar refractivity (Wildman–Crippen MR) is 64.5 cm³/mol. The first-order chi connectivity index (χ1) is 8.20. The van der Waals surface area contributed by atoms with Crippen LogP contribution >= 0.6 is 0 Å². The van der Waals surface area contributed by atoms with Gasteiger partial charge in [-0.15, -0.1) is 0 Å². The van der Waals surface area contributed by atoms with Gasteiger partial charge in [0.15, 0.2) is 6.33 Å². The van der Waals surface area contributed by atoms with E-state index in [2.05, 4.69) is 11.6 Å². The molecule has 5 nitrogen and oxygen atoms in total. The topological polar surface area (TPSA) is 61.0 Å². The highest BCUT2D eigenvalue weighted by Crippen LogP contribution is 2.14. The summed E-state index contributed by atoms with van der Waals surface area (Å²) >= 11 is 0. The average Bonchev–Trinajstić information content (AvgIpc) is 2.77. The van der Waals surface area contributed by atoms with Gasteiger partial charge in [0.05, 0.1) is 0 Å². The molecule has 1 aromatic heterocycles. The number of nitro groups is 1. The number of benzene rings is 1. The molecule has 0 radical (unpaired) electrons. The summed E-state index contributed by atoms with van der Waals surface area (Å²) in [5.41, 5.74) is 1.97. The van der Waals surface area contributed by atoms with Gasteiger partial charge in [-0.3, -0.25) is 0 Å². The largest absolute Gasteiger partial charge is 0.358 e. The van der Waals surface area contributed by atoms with E-state index in [1.54, 1.807) is 6.08 Å². The molecule has 86 valence electrons. The summed E-state index contributed by atoms with van der Waals surface area (Å²) in [5.74, 6) is -0.00555. The van der Waals surface area contributed by atoms with Gasteiger partial charge in [-0.2, -0.15) is 0 Å². The molecule has 0 fully saturated rings. The number of nitrogens with zero attached hydrogens (tertiary/aromatic N) is 3. The molecule has 0 aliphatic carbocycles. The van der Waals surface area contributed by atoms with Gasteiger partial charge in [-0.25, -0.2) is 9.55 Å². The fraction of sp³-hybridized carbons (Fsp3) is 0.0833. The van der Waals surface area contributed by atoms with Gasteiger partial charge in [0.25, 0.3) is 0 Å². The summed E-state index contributed by atoms with van der Waals surface area (Å²) in [5, 5.41) is 10.7. The molecule has 17 heavy (non-hydrogen) atoms. The third-order valence-corrected chi connectivity index (χ3v) is 2.42. The van der Waals surface area contributed by atoms with Gasteiger partial charge < -0.3 is 10.1 Å². The lowest BCUT2D eigenvalue weighted by Crippen LogP contribution is -2.03. The predicted octanol–water partition coefficient (Wildman–Crippen LogP) is 2.48. The molecule has 0 N–H and O–H groups in total. The highest BCUT2D eigenvalue weighted by atomic mass is 16.6. The molecule has 2 aromatic rings. The van der Waals surface area contributed by atoms with Crippen molar-refractivity contribution in [3.63, 3.8) is 0 Å². The van der Waals surface area contributed by atoms with Crippen LogP contribution in [-0.2, 0) is 6.54 Å². The van der Waals surface area contributed by atoms with Gasteiger partial charge in [0.1, 0.15) is 12.7 Å². The Balaban J connectivity index is 2.28. The molecular formula is C12H11N3O2. The molecular weight excluding hydrogens is 218 g/mol. The number of aromatic nitrogens is 2. The minimum absolute atomic E-state index is 0.00555. The third-order valence-electron chi connectivity index (χ3n) is 2.42. The molecule has 2 rings (SSSR count). The van der Waals surface area contributed by atoms with Crippen LogP contribution < -0.4 is 0 Å². The lowest BCUT2D eigenvalue weighted by molar-refractivity contribution is -0.392. The van der Waals surface area contributed by atoms with E-state index in [0.29, 0.717) is 6.54 Å². The number of hydrogen-bond donors (Lipinski definition) is 0. The molecule has 0 saturated heterocycles. The van der Waals surface area contributed by atoms with Crippen LogP contribution in [-0.4, -0.2) is 14.5 Å². The second-order valence-corrected chi connectivity index (χ2v) is 3.59. The van der Waals surface area contributed by atoms with Crippen molar-refractivity contribution in [3.8, 4) is 0 Å². The first kappa shape index (κ1) is 11.1. The van der Waals surface area contributed by atoms with Crippen molar-refractivity contribution in [1.29, 1.82) is 0 Å². The lowest BCUT2D eigenvalue weighted by atomic mass is 10.1. The zero-order chi connectivity index (χ0) is 12.3. The van der Waals surface area contributed by atoms with Gasteiger partial charge in [-0.1, -0.05) is 30.9 Å². The van der Waals surface area contributed by atoms with Crippen molar-refractivity contribution in [2.24, 2.45) is 0 Å². The average molecular weight is 229 g/mol. The molecule has 0 bridgehead atoms. The lowest BCUT2D eigenvalue weighted by Gasteiger charge is -2.02. The second kappa shape index (κ2) is 4.61. The maximum absolute atomic E-state index is 10.7. The first-order valence-electron chi connectivity index (χ1n) is 5.06. The van der Waals surface area contributed by atoms with Crippen LogP contribution in [0.5, 0.6) is 0 Å². The molecule has 1 heterocycles. The highest BCUT2D eigenvalue weighted by molar-refractivity contribution is 5.48. The van der Waals surface area contributed by atoms with Crippen molar-refractivity contribution in [2.45, 2.75) is 6.54 Å². The van der Waals surface area contributed by atoms with Crippen LogP contribution in [0.4, 0.5) is 5.82 Å². The first-order valence-corrected chi connectivity index (χ1v) is 5.06. The Morgan fingerprint density at radius 1 is 1.53 bits per heavy atom. The highest BCUT2D eigenvalue weighted by Gasteiger charge is 2.12. The molecule has 5 heteroatoms. The smallest absolute Gasteiger partial charge is 0.342 e. The molecule has 1 aromatic carbocycles. The third kappa shape index (κ3) is 2.39. The van der Waals surface area contributed by atoms with Gasteiger partial charge in [0.2, 0.25) is 0 Å².